The molecule has 1 aromatic heterocycles. The summed E-state index contributed by atoms with van der Waals surface area (Å²) >= 11 is 6.17. The molecule has 0 aliphatic carbocycles. The summed E-state index contributed by atoms with van der Waals surface area (Å²) in [5.74, 6) is 1.67. The van der Waals surface area contributed by atoms with Gasteiger partial charge < -0.3 is 19.5 Å². The van der Waals surface area contributed by atoms with E-state index in [2.05, 4.69) is 10.3 Å². The SMILES string of the molecule is C[C@H](NC(=O)COc1ccc(Cl)c2cccnc12)c1ccc2c(c1)OCO2. The van der Waals surface area contributed by atoms with Crippen LogP contribution < -0.4 is 19.5 Å². The first-order valence-corrected chi connectivity index (χ1v) is 8.84. The number of rotatable bonds is 5. The minimum Gasteiger partial charge on any atom is -0.481 e. The third kappa shape index (κ3) is 3.61. The van der Waals surface area contributed by atoms with E-state index in [1.54, 1.807) is 24.4 Å². The van der Waals surface area contributed by atoms with Crippen molar-refractivity contribution < 1.29 is 19.0 Å². The summed E-state index contributed by atoms with van der Waals surface area (Å²) in [6, 6.07) is 12.5. The van der Waals surface area contributed by atoms with Crippen molar-refractivity contribution in [2.45, 2.75) is 13.0 Å². The summed E-state index contributed by atoms with van der Waals surface area (Å²) in [6.07, 6.45) is 1.66. The van der Waals surface area contributed by atoms with Gasteiger partial charge >= 0.3 is 0 Å². The summed E-state index contributed by atoms with van der Waals surface area (Å²) < 4.78 is 16.3. The quantitative estimate of drug-likeness (QED) is 0.723. The highest BCUT2D eigenvalue weighted by molar-refractivity contribution is 6.35. The third-order valence-electron chi connectivity index (χ3n) is 4.31. The number of nitrogens with one attached hydrogen (secondary N) is 1. The Balaban J connectivity index is 1.41. The second-order valence-electron chi connectivity index (χ2n) is 6.14. The standard InChI is InChI=1S/C20H17ClN2O4/c1-12(13-4-6-16-18(9-13)27-11-26-16)23-19(24)10-25-17-7-5-15(21)14-3-2-8-22-20(14)17/h2-9,12H,10-11H2,1H3,(H,23,24)/t12-/m0/s1. The van der Waals surface area contributed by atoms with Gasteiger partial charge in [0.25, 0.3) is 5.91 Å². The number of hydrogen-bond acceptors (Lipinski definition) is 5. The number of halogens is 1. The predicted octanol–water partition coefficient (Wildman–Crippen LogP) is 3.87. The predicted molar refractivity (Wildman–Crippen MR) is 101 cm³/mol. The second kappa shape index (κ2) is 7.32. The minimum absolute atomic E-state index is 0.123. The van der Waals surface area contributed by atoms with Crippen LogP contribution in [-0.2, 0) is 4.79 Å². The van der Waals surface area contributed by atoms with Crippen LogP contribution in [-0.4, -0.2) is 24.3 Å². The molecule has 0 bridgehead atoms. The van der Waals surface area contributed by atoms with E-state index >= 15 is 0 Å². The van der Waals surface area contributed by atoms with Gasteiger partial charge in [-0.2, -0.15) is 0 Å². The molecule has 0 unspecified atom stereocenters. The highest BCUT2D eigenvalue weighted by Gasteiger charge is 2.17. The first-order valence-electron chi connectivity index (χ1n) is 8.47. The highest BCUT2D eigenvalue weighted by atomic mass is 35.5. The van der Waals surface area contributed by atoms with Gasteiger partial charge in [0.2, 0.25) is 6.79 Å². The van der Waals surface area contributed by atoms with Gasteiger partial charge in [-0.3, -0.25) is 9.78 Å². The van der Waals surface area contributed by atoms with E-state index in [0.29, 0.717) is 27.8 Å². The molecule has 2 aromatic carbocycles. The summed E-state index contributed by atoms with van der Waals surface area (Å²) in [5.41, 5.74) is 1.55. The number of benzene rings is 2. The molecular formula is C20H17ClN2O4. The smallest absolute Gasteiger partial charge is 0.258 e. The Bertz CT molecular complexity index is 1010. The maximum atomic E-state index is 12.3. The molecular weight excluding hydrogens is 368 g/mol. The third-order valence-corrected chi connectivity index (χ3v) is 4.64. The van der Waals surface area contributed by atoms with Gasteiger partial charge in [-0.1, -0.05) is 17.7 Å². The molecule has 1 N–H and O–H groups in total. The molecule has 0 saturated heterocycles. The van der Waals surface area contributed by atoms with Gasteiger partial charge in [-0.15, -0.1) is 0 Å². The van der Waals surface area contributed by atoms with Crippen molar-refractivity contribution in [3.05, 3.63) is 59.2 Å². The van der Waals surface area contributed by atoms with Crippen molar-refractivity contribution >= 4 is 28.4 Å². The van der Waals surface area contributed by atoms with Crippen LogP contribution in [0, 0.1) is 0 Å². The average Bonchev–Trinajstić information content (AvgIpc) is 3.15. The van der Waals surface area contributed by atoms with Crippen LogP contribution in [0.25, 0.3) is 10.9 Å². The van der Waals surface area contributed by atoms with Gasteiger partial charge in [0.15, 0.2) is 18.1 Å². The van der Waals surface area contributed by atoms with Crippen LogP contribution in [0.5, 0.6) is 17.2 Å². The molecule has 0 spiro atoms. The van der Waals surface area contributed by atoms with Crippen molar-refractivity contribution in [3.8, 4) is 17.2 Å². The number of hydrogen-bond donors (Lipinski definition) is 1. The molecule has 0 saturated carbocycles. The first kappa shape index (κ1) is 17.4. The lowest BCUT2D eigenvalue weighted by Crippen LogP contribution is -2.31. The molecule has 7 heteroatoms. The van der Waals surface area contributed by atoms with E-state index in [4.69, 9.17) is 25.8 Å². The molecule has 1 aliphatic heterocycles. The van der Waals surface area contributed by atoms with Crippen LogP contribution in [0.15, 0.2) is 48.7 Å². The number of nitrogens with zero attached hydrogens (tertiary/aromatic N) is 1. The average molecular weight is 385 g/mol. The Kier molecular flexibility index (Phi) is 4.73. The number of amides is 1. The molecule has 2 heterocycles. The van der Waals surface area contributed by atoms with Gasteiger partial charge in [-0.05, 0) is 48.9 Å². The van der Waals surface area contributed by atoms with E-state index in [0.717, 1.165) is 10.9 Å². The van der Waals surface area contributed by atoms with Crippen molar-refractivity contribution in [2.24, 2.45) is 0 Å². The zero-order valence-corrected chi connectivity index (χ0v) is 15.3. The maximum Gasteiger partial charge on any atom is 0.258 e. The Morgan fingerprint density at radius 1 is 1.26 bits per heavy atom. The largest absolute Gasteiger partial charge is 0.481 e. The summed E-state index contributed by atoms with van der Waals surface area (Å²) in [5, 5.41) is 4.28. The lowest BCUT2D eigenvalue weighted by molar-refractivity contribution is -0.123. The topological polar surface area (TPSA) is 69.7 Å². The minimum atomic E-state index is -0.237. The van der Waals surface area contributed by atoms with Crippen LogP contribution in [0.3, 0.4) is 0 Å². The lowest BCUT2D eigenvalue weighted by Gasteiger charge is -2.15. The van der Waals surface area contributed by atoms with Crippen LogP contribution in [0.2, 0.25) is 5.02 Å². The first-order chi connectivity index (χ1) is 13.1. The fraction of sp³-hybridized carbons (Fsp3) is 0.200. The molecule has 27 heavy (non-hydrogen) atoms. The van der Waals surface area contributed by atoms with Gasteiger partial charge in [-0.25, -0.2) is 0 Å². The van der Waals surface area contributed by atoms with Crippen molar-refractivity contribution in [1.29, 1.82) is 0 Å². The van der Waals surface area contributed by atoms with Gasteiger partial charge in [0, 0.05) is 11.6 Å². The summed E-state index contributed by atoms with van der Waals surface area (Å²) in [7, 11) is 0. The normalized spacial score (nSPS) is 13.4. The second-order valence-corrected chi connectivity index (χ2v) is 6.54. The fourth-order valence-corrected chi connectivity index (χ4v) is 3.14. The molecule has 1 amide bonds. The number of ether oxygens (including phenoxy) is 3. The van der Waals surface area contributed by atoms with Crippen LogP contribution in [0.4, 0.5) is 0 Å². The van der Waals surface area contributed by atoms with Gasteiger partial charge in [0.05, 0.1) is 11.1 Å². The summed E-state index contributed by atoms with van der Waals surface area (Å²) in [4.78, 5) is 16.6. The molecule has 3 aromatic rings. The molecule has 4 rings (SSSR count). The molecule has 0 fully saturated rings. The lowest BCUT2D eigenvalue weighted by atomic mass is 10.1. The van der Waals surface area contributed by atoms with Gasteiger partial charge in [0.1, 0.15) is 11.3 Å². The van der Waals surface area contributed by atoms with Crippen LogP contribution in [0.1, 0.15) is 18.5 Å². The van der Waals surface area contributed by atoms with Crippen molar-refractivity contribution in [3.63, 3.8) is 0 Å². The number of fused-ring (bicyclic) bond motifs is 2. The highest BCUT2D eigenvalue weighted by Crippen LogP contribution is 2.34. The molecule has 1 aliphatic rings. The summed E-state index contributed by atoms with van der Waals surface area (Å²) in [6.45, 7) is 1.99. The number of carbonyl (C=O) groups excluding carboxylic acids is 1. The zero-order valence-electron chi connectivity index (χ0n) is 14.6. The molecule has 1 atom stereocenters. The van der Waals surface area contributed by atoms with E-state index in [1.807, 2.05) is 31.2 Å². The van der Waals surface area contributed by atoms with E-state index in [1.165, 1.54) is 0 Å². The van der Waals surface area contributed by atoms with E-state index in [9.17, 15) is 4.79 Å². The number of carbonyl (C=O) groups is 1. The molecule has 0 radical (unpaired) electrons. The monoisotopic (exact) mass is 384 g/mol. The van der Waals surface area contributed by atoms with Crippen molar-refractivity contribution in [2.75, 3.05) is 13.4 Å². The Morgan fingerprint density at radius 3 is 3.00 bits per heavy atom. The zero-order chi connectivity index (χ0) is 18.8. The van der Waals surface area contributed by atoms with E-state index < -0.39 is 0 Å². The van der Waals surface area contributed by atoms with Crippen LogP contribution >= 0.6 is 11.6 Å². The molecule has 138 valence electrons. The van der Waals surface area contributed by atoms with Crippen molar-refractivity contribution in [1.82, 2.24) is 10.3 Å². The molecule has 6 nitrogen and oxygen atoms in total. The number of pyridine rings is 1. The Labute approximate surface area is 161 Å². The Hall–Kier alpha value is -2.99. The Morgan fingerprint density at radius 2 is 2.11 bits per heavy atom. The fourth-order valence-electron chi connectivity index (χ4n) is 2.92. The maximum absolute atomic E-state index is 12.3. The number of aromatic nitrogens is 1. The van der Waals surface area contributed by atoms with E-state index in [-0.39, 0.29) is 25.3 Å².